The first kappa shape index (κ1) is 12.0. The Morgan fingerprint density at radius 1 is 1.40 bits per heavy atom. The van der Waals surface area contributed by atoms with Crippen LogP contribution >= 0.6 is 0 Å². The average Bonchev–Trinajstić information content (AvgIpc) is 1.83. The predicted molar refractivity (Wildman–Crippen MR) is 26.2 cm³/mol. The van der Waals surface area contributed by atoms with Crippen molar-refractivity contribution in [3.05, 3.63) is 12.2 Å². The van der Waals surface area contributed by atoms with E-state index < -0.39 is 11.9 Å². The first-order valence-electron chi connectivity index (χ1n) is 2.14. The Kier molecular flexibility index (Phi) is 7.72. The first-order chi connectivity index (χ1) is 4.16. The van der Waals surface area contributed by atoms with Gasteiger partial charge in [0, 0.05) is 6.08 Å². The second kappa shape index (κ2) is 6.42. The van der Waals surface area contributed by atoms with Crippen molar-refractivity contribution < 1.29 is 38.9 Å². The third-order valence-electron chi connectivity index (χ3n) is 0.557. The summed E-state index contributed by atoms with van der Waals surface area (Å²) in [5.41, 5.74) is 0. The zero-order valence-corrected chi connectivity index (χ0v) is 8.46. The van der Waals surface area contributed by atoms with E-state index in [1.54, 1.807) is 0 Å². The van der Waals surface area contributed by atoms with E-state index in [4.69, 9.17) is 0 Å². The molecule has 0 bridgehead atoms. The van der Waals surface area contributed by atoms with E-state index in [1.165, 1.54) is 0 Å². The molecule has 0 aliphatic heterocycles. The normalized spacial score (nSPS) is 8.50. The van der Waals surface area contributed by atoms with Crippen LogP contribution in [0.3, 0.4) is 0 Å². The summed E-state index contributed by atoms with van der Waals surface area (Å²) in [5, 5.41) is 9.61. The molecule has 0 amide bonds. The molecule has 0 N–H and O–H groups in total. The summed E-state index contributed by atoms with van der Waals surface area (Å²) >= 11 is 0. The number of hydrogen-bond acceptors (Lipinski definition) is 4. The van der Waals surface area contributed by atoms with Crippen molar-refractivity contribution in [3.8, 4) is 0 Å². The van der Waals surface area contributed by atoms with Crippen LogP contribution in [0.15, 0.2) is 12.2 Å². The van der Waals surface area contributed by atoms with E-state index in [0.717, 1.165) is 13.2 Å². The Morgan fingerprint density at radius 3 is 2.20 bits per heavy atom. The minimum atomic E-state index is -1.42. The van der Waals surface area contributed by atoms with Crippen molar-refractivity contribution in [1.82, 2.24) is 0 Å². The van der Waals surface area contributed by atoms with Crippen LogP contribution < -0.4 is 5.11 Å². The largest absolute Gasteiger partial charge is 2.00 e. The van der Waals surface area contributed by atoms with E-state index in [9.17, 15) is 14.7 Å². The number of rotatable bonds is 2. The van der Waals surface area contributed by atoms with Gasteiger partial charge in [-0.15, -0.1) is 0 Å². The molecule has 0 saturated carbocycles. The fraction of sp³-hybridized carbons (Fsp3) is 0.200. The molecule has 0 saturated heterocycles. The van der Waals surface area contributed by atoms with Crippen LogP contribution in [0.5, 0.6) is 0 Å². The number of carbonyl (C=O) groups is 2. The number of ether oxygens (including phenoxy) is 1. The summed E-state index contributed by atoms with van der Waals surface area (Å²) in [7, 11) is 1.15. The number of carbonyl (C=O) groups excluding carboxylic acids is 2. The van der Waals surface area contributed by atoms with Crippen molar-refractivity contribution in [3.63, 3.8) is 0 Å². The van der Waals surface area contributed by atoms with Gasteiger partial charge in [-0.05, 0) is 6.08 Å². The van der Waals surface area contributed by atoms with Gasteiger partial charge < -0.3 is 14.6 Å². The summed E-state index contributed by atoms with van der Waals surface area (Å²) in [6, 6.07) is 0. The number of aliphatic carboxylic acids is 1. The van der Waals surface area contributed by atoms with E-state index >= 15 is 0 Å². The number of carboxylic acids is 1. The number of methoxy groups -OCH3 is 1. The SMILES string of the molecule is COC(=O)/C=C/C(=O)[O-].[Zn+2]. The van der Waals surface area contributed by atoms with E-state index in [-0.39, 0.29) is 19.5 Å². The van der Waals surface area contributed by atoms with E-state index in [0.29, 0.717) is 6.08 Å². The fourth-order valence-electron chi connectivity index (χ4n) is 0.204. The molecule has 5 heteroatoms. The maximum atomic E-state index is 10.1. The molecule has 50 valence electrons. The molecule has 0 aromatic rings. The number of hydrogen-bond donors (Lipinski definition) is 0. The molecule has 0 spiro atoms. The smallest absolute Gasteiger partial charge is 0.545 e. The van der Waals surface area contributed by atoms with Crippen LogP contribution in [0, 0.1) is 0 Å². The standard InChI is InChI=1S/C5H6O4.Zn/c1-9-5(8)3-2-4(6)7;/h2-3H,1H3,(H,6,7);/q;+2/p-1/b3-2+;. The summed E-state index contributed by atoms with van der Waals surface area (Å²) in [6.45, 7) is 0. The van der Waals surface area contributed by atoms with Crippen LogP contribution in [-0.4, -0.2) is 19.0 Å². The summed E-state index contributed by atoms with van der Waals surface area (Å²) < 4.78 is 4.08. The Bertz CT molecular complexity index is 152. The van der Waals surface area contributed by atoms with Gasteiger partial charge >= 0.3 is 25.4 Å². The number of carboxylic acid groups (broad SMARTS) is 1. The molecule has 0 heterocycles. The van der Waals surface area contributed by atoms with Crippen molar-refractivity contribution in [1.29, 1.82) is 0 Å². The third-order valence-corrected chi connectivity index (χ3v) is 0.557. The zero-order chi connectivity index (χ0) is 7.28. The molecule has 0 fully saturated rings. The van der Waals surface area contributed by atoms with Gasteiger partial charge in [0.1, 0.15) is 0 Å². The molecule has 0 aliphatic rings. The Hall–Kier alpha value is -0.697. The van der Waals surface area contributed by atoms with Crippen molar-refractivity contribution in [2.75, 3.05) is 7.11 Å². The van der Waals surface area contributed by atoms with Gasteiger partial charge in [0.2, 0.25) is 0 Å². The van der Waals surface area contributed by atoms with Crippen LogP contribution in [-0.2, 0) is 33.8 Å². The molecule has 10 heavy (non-hydrogen) atoms. The molecule has 0 aromatic carbocycles. The van der Waals surface area contributed by atoms with Crippen LogP contribution in [0.25, 0.3) is 0 Å². The molecular formula is C5H5O4Zn+. The van der Waals surface area contributed by atoms with Crippen molar-refractivity contribution in [2.45, 2.75) is 0 Å². The topological polar surface area (TPSA) is 66.4 Å². The van der Waals surface area contributed by atoms with Gasteiger partial charge in [0.05, 0.1) is 13.1 Å². The van der Waals surface area contributed by atoms with Crippen LogP contribution in [0.1, 0.15) is 0 Å². The Labute approximate surface area is 70.6 Å². The van der Waals surface area contributed by atoms with Crippen molar-refractivity contribution in [2.24, 2.45) is 0 Å². The second-order valence-corrected chi connectivity index (χ2v) is 1.18. The molecule has 4 nitrogen and oxygen atoms in total. The minimum Gasteiger partial charge on any atom is -0.545 e. The molecule has 0 aliphatic carbocycles. The minimum absolute atomic E-state index is 0. The molecule has 0 unspecified atom stereocenters. The summed E-state index contributed by atoms with van der Waals surface area (Å²) in [5.74, 6) is -2.13. The van der Waals surface area contributed by atoms with E-state index in [1.807, 2.05) is 0 Å². The molecule has 0 atom stereocenters. The second-order valence-electron chi connectivity index (χ2n) is 1.18. The van der Waals surface area contributed by atoms with Crippen LogP contribution in [0.2, 0.25) is 0 Å². The van der Waals surface area contributed by atoms with Crippen molar-refractivity contribution >= 4 is 11.9 Å². The molecular weight excluding hydrogens is 189 g/mol. The summed E-state index contributed by atoms with van der Waals surface area (Å²) in [4.78, 5) is 19.7. The molecule has 0 aromatic heterocycles. The molecule has 0 rings (SSSR count). The Morgan fingerprint density at radius 2 is 1.90 bits per heavy atom. The average molecular weight is 194 g/mol. The first-order valence-corrected chi connectivity index (χ1v) is 2.14. The quantitative estimate of drug-likeness (QED) is 0.304. The predicted octanol–water partition coefficient (Wildman–Crippen LogP) is -1.54. The monoisotopic (exact) mass is 193 g/mol. The van der Waals surface area contributed by atoms with Gasteiger partial charge in [-0.2, -0.15) is 0 Å². The number of esters is 1. The van der Waals surface area contributed by atoms with Gasteiger partial charge in [-0.25, -0.2) is 4.79 Å². The van der Waals surface area contributed by atoms with Crippen LogP contribution in [0.4, 0.5) is 0 Å². The maximum absolute atomic E-state index is 10.1. The maximum Gasteiger partial charge on any atom is 2.00 e. The van der Waals surface area contributed by atoms with Gasteiger partial charge in [0.25, 0.3) is 0 Å². The van der Waals surface area contributed by atoms with Gasteiger partial charge in [0.15, 0.2) is 0 Å². The Balaban J connectivity index is 0. The zero-order valence-electron chi connectivity index (χ0n) is 5.49. The van der Waals surface area contributed by atoms with E-state index in [2.05, 4.69) is 4.74 Å². The fourth-order valence-corrected chi connectivity index (χ4v) is 0.204. The summed E-state index contributed by atoms with van der Waals surface area (Å²) in [6.07, 6.45) is 1.38. The molecule has 0 radical (unpaired) electrons. The van der Waals surface area contributed by atoms with Gasteiger partial charge in [-0.3, -0.25) is 0 Å². The third kappa shape index (κ3) is 7.30. The van der Waals surface area contributed by atoms with Gasteiger partial charge in [-0.1, -0.05) is 0 Å².